The number of aryl methyl sites for hydroxylation is 1. The number of benzene rings is 2. The van der Waals surface area contributed by atoms with Crippen LogP contribution in [0.4, 0.5) is 0 Å². The Balaban J connectivity index is 1.51. The Morgan fingerprint density at radius 3 is 2.71 bits per heavy atom. The van der Waals surface area contributed by atoms with Crippen LogP contribution in [0.3, 0.4) is 0 Å². The van der Waals surface area contributed by atoms with Crippen molar-refractivity contribution in [2.24, 2.45) is 13.0 Å². The van der Waals surface area contributed by atoms with E-state index in [-0.39, 0.29) is 24.0 Å². The lowest BCUT2D eigenvalue weighted by molar-refractivity contribution is -0.129. The maximum Gasteiger partial charge on any atom is 0.223 e. The molecule has 6 heteroatoms. The van der Waals surface area contributed by atoms with Gasteiger partial charge in [0.25, 0.3) is 0 Å². The van der Waals surface area contributed by atoms with E-state index in [1.165, 1.54) is 0 Å². The molecule has 146 valence electrons. The van der Waals surface area contributed by atoms with Crippen molar-refractivity contribution in [3.05, 3.63) is 58.8 Å². The van der Waals surface area contributed by atoms with Gasteiger partial charge in [-0.05, 0) is 31.5 Å². The summed E-state index contributed by atoms with van der Waals surface area (Å²) in [5.74, 6) is 1.14. The van der Waals surface area contributed by atoms with Gasteiger partial charge in [0.2, 0.25) is 5.91 Å². The number of carbonyl (C=O) groups excluding carboxylic acids is 1. The minimum Gasteiger partial charge on any atom is -0.488 e. The van der Waals surface area contributed by atoms with E-state index in [1.54, 1.807) is 6.33 Å². The molecule has 1 unspecified atom stereocenters. The highest BCUT2D eigenvalue weighted by molar-refractivity contribution is 9.10. The zero-order valence-electron chi connectivity index (χ0n) is 16.3. The van der Waals surface area contributed by atoms with Gasteiger partial charge in [-0.3, -0.25) is 4.79 Å². The zero-order chi connectivity index (χ0) is 19.8. The molecule has 2 aromatic carbocycles. The first-order valence-corrected chi connectivity index (χ1v) is 10.3. The molecule has 3 aromatic rings. The lowest BCUT2D eigenvalue weighted by atomic mass is 10.0. The van der Waals surface area contributed by atoms with E-state index in [9.17, 15) is 4.79 Å². The highest BCUT2D eigenvalue weighted by Crippen LogP contribution is 2.34. The molecule has 2 heterocycles. The highest BCUT2D eigenvalue weighted by Gasteiger charge is 2.37. The van der Waals surface area contributed by atoms with Crippen molar-refractivity contribution in [3.63, 3.8) is 0 Å². The molecule has 0 N–H and O–H groups in total. The van der Waals surface area contributed by atoms with Gasteiger partial charge in [-0.25, -0.2) is 4.98 Å². The molecule has 1 aromatic heterocycles. The number of carbonyl (C=O) groups is 1. The molecule has 4 rings (SSSR count). The number of hydrogen-bond acceptors (Lipinski definition) is 3. The van der Waals surface area contributed by atoms with Gasteiger partial charge >= 0.3 is 0 Å². The van der Waals surface area contributed by atoms with Crippen LogP contribution in [0.1, 0.15) is 31.9 Å². The van der Waals surface area contributed by atoms with E-state index in [2.05, 4.69) is 46.9 Å². The Hall–Kier alpha value is -2.34. The second-order valence-electron chi connectivity index (χ2n) is 7.55. The number of rotatable bonds is 5. The molecule has 1 saturated heterocycles. The van der Waals surface area contributed by atoms with Crippen LogP contribution in [0.25, 0.3) is 11.0 Å². The average Bonchev–Trinajstić information content (AvgIpc) is 3.25. The molecule has 1 amide bonds. The van der Waals surface area contributed by atoms with Gasteiger partial charge < -0.3 is 14.2 Å². The lowest BCUT2D eigenvalue weighted by Gasteiger charge is -2.26. The molecular weight excluding hydrogens is 418 g/mol. The third-order valence-electron chi connectivity index (χ3n) is 5.66. The van der Waals surface area contributed by atoms with Gasteiger partial charge in [-0.2, -0.15) is 0 Å². The number of imidazole rings is 1. The fourth-order valence-electron chi connectivity index (χ4n) is 3.97. The summed E-state index contributed by atoms with van der Waals surface area (Å²) in [6.45, 7) is 4.85. The van der Waals surface area contributed by atoms with Gasteiger partial charge in [0.15, 0.2) is 0 Å². The maximum absolute atomic E-state index is 12.7. The first-order valence-electron chi connectivity index (χ1n) is 9.55. The summed E-state index contributed by atoms with van der Waals surface area (Å²) in [7, 11) is 1.96. The number of fused-ring (bicyclic) bond motifs is 1. The average molecular weight is 442 g/mol. The normalized spacial score (nSPS) is 19.2. The molecular formula is C22H24BrN3O2. The smallest absolute Gasteiger partial charge is 0.223 e. The van der Waals surface area contributed by atoms with Gasteiger partial charge in [0.05, 0.1) is 17.9 Å². The van der Waals surface area contributed by atoms with Crippen molar-refractivity contribution in [2.45, 2.75) is 32.4 Å². The SMILES string of the molecule is C[C@H](c1ccccc1)N1CC([C@@H](C)Oc2cc(Br)cc3ncn(C)c23)CC1=O. The van der Waals surface area contributed by atoms with E-state index < -0.39 is 0 Å². The number of likely N-dealkylation sites (tertiary alicyclic amines) is 1. The van der Waals surface area contributed by atoms with Crippen LogP contribution in [0.5, 0.6) is 5.75 Å². The second-order valence-corrected chi connectivity index (χ2v) is 8.46. The van der Waals surface area contributed by atoms with Crippen LogP contribution >= 0.6 is 15.9 Å². The Morgan fingerprint density at radius 2 is 1.96 bits per heavy atom. The summed E-state index contributed by atoms with van der Waals surface area (Å²) < 4.78 is 9.24. The summed E-state index contributed by atoms with van der Waals surface area (Å²) in [6.07, 6.45) is 2.22. The first-order chi connectivity index (χ1) is 13.4. The summed E-state index contributed by atoms with van der Waals surface area (Å²) >= 11 is 3.54. The van der Waals surface area contributed by atoms with Crippen LogP contribution < -0.4 is 4.74 Å². The number of nitrogens with zero attached hydrogens (tertiary/aromatic N) is 3. The van der Waals surface area contributed by atoms with E-state index in [4.69, 9.17) is 4.74 Å². The Labute approximate surface area is 173 Å². The molecule has 28 heavy (non-hydrogen) atoms. The predicted octanol–water partition coefficient (Wildman–Crippen LogP) is 4.71. The first kappa shape index (κ1) is 19.0. The fourth-order valence-corrected chi connectivity index (χ4v) is 4.39. The number of amides is 1. The molecule has 0 bridgehead atoms. The van der Waals surface area contributed by atoms with Crippen LogP contribution in [-0.4, -0.2) is 33.0 Å². The van der Waals surface area contributed by atoms with Crippen molar-refractivity contribution < 1.29 is 9.53 Å². The summed E-state index contributed by atoms with van der Waals surface area (Å²) in [5.41, 5.74) is 3.02. The summed E-state index contributed by atoms with van der Waals surface area (Å²) in [6, 6.07) is 14.2. The second kappa shape index (κ2) is 7.59. The Morgan fingerprint density at radius 1 is 1.21 bits per heavy atom. The summed E-state index contributed by atoms with van der Waals surface area (Å²) in [4.78, 5) is 19.1. The molecule has 0 saturated carbocycles. The van der Waals surface area contributed by atoms with Gasteiger partial charge in [-0.15, -0.1) is 0 Å². The fraction of sp³-hybridized carbons (Fsp3) is 0.364. The van der Waals surface area contributed by atoms with E-state index in [0.717, 1.165) is 26.8 Å². The largest absolute Gasteiger partial charge is 0.488 e. The standard InChI is InChI=1S/C22H24BrN3O2/c1-14(16-7-5-4-6-8-16)26-12-17(9-21(26)27)15(2)28-20-11-18(23)10-19-22(20)25(3)13-24-19/h4-8,10-11,13-15,17H,9,12H2,1-3H3/t14-,15-,17?/m1/s1. The molecule has 0 radical (unpaired) electrons. The molecule has 0 spiro atoms. The molecule has 1 aliphatic rings. The van der Waals surface area contributed by atoms with Gasteiger partial charge in [-0.1, -0.05) is 46.3 Å². The highest BCUT2D eigenvalue weighted by atomic mass is 79.9. The maximum atomic E-state index is 12.7. The predicted molar refractivity (Wildman–Crippen MR) is 113 cm³/mol. The van der Waals surface area contributed by atoms with Crippen molar-refractivity contribution in [1.82, 2.24) is 14.5 Å². The topological polar surface area (TPSA) is 47.4 Å². The number of aromatic nitrogens is 2. The molecule has 3 atom stereocenters. The van der Waals surface area contributed by atoms with Crippen molar-refractivity contribution >= 4 is 32.9 Å². The minimum atomic E-state index is -0.0793. The Kier molecular flexibility index (Phi) is 5.15. The van der Waals surface area contributed by atoms with Crippen molar-refractivity contribution in [1.29, 1.82) is 0 Å². The third kappa shape index (κ3) is 3.53. The Bertz CT molecular complexity index is 1000. The molecule has 5 nitrogen and oxygen atoms in total. The van der Waals surface area contributed by atoms with Crippen molar-refractivity contribution in [3.8, 4) is 5.75 Å². The number of halogens is 1. The van der Waals surface area contributed by atoms with E-state index >= 15 is 0 Å². The molecule has 0 aliphatic carbocycles. The lowest BCUT2D eigenvalue weighted by Crippen LogP contribution is -2.31. The minimum absolute atomic E-state index is 0.0700. The van der Waals surface area contributed by atoms with E-state index in [0.29, 0.717) is 13.0 Å². The van der Waals surface area contributed by atoms with Crippen LogP contribution in [0.2, 0.25) is 0 Å². The molecule has 1 aliphatic heterocycles. The van der Waals surface area contributed by atoms with Crippen LogP contribution in [0, 0.1) is 5.92 Å². The number of hydrogen-bond donors (Lipinski definition) is 0. The quantitative estimate of drug-likeness (QED) is 0.575. The zero-order valence-corrected chi connectivity index (χ0v) is 17.9. The summed E-state index contributed by atoms with van der Waals surface area (Å²) in [5, 5.41) is 0. The monoisotopic (exact) mass is 441 g/mol. The van der Waals surface area contributed by atoms with E-state index in [1.807, 2.05) is 46.8 Å². The third-order valence-corrected chi connectivity index (χ3v) is 6.11. The van der Waals surface area contributed by atoms with Gasteiger partial charge in [0, 0.05) is 30.4 Å². The van der Waals surface area contributed by atoms with Crippen LogP contribution in [0.15, 0.2) is 53.3 Å². The molecule has 1 fully saturated rings. The van der Waals surface area contributed by atoms with Crippen molar-refractivity contribution in [2.75, 3.05) is 6.54 Å². The van der Waals surface area contributed by atoms with Gasteiger partial charge in [0.1, 0.15) is 17.4 Å². The van der Waals surface area contributed by atoms with Crippen LogP contribution in [-0.2, 0) is 11.8 Å². The number of ether oxygens (including phenoxy) is 1.